The number of nitro groups is 1. The highest BCUT2D eigenvalue weighted by atomic mass is 32.2. The molecule has 8 heteroatoms. The Bertz CT molecular complexity index is 584. The van der Waals surface area contributed by atoms with Crippen LogP contribution in [0.1, 0.15) is 20.8 Å². The van der Waals surface area contributed by atoms with Crippen molar-refractivity contribution in [2.45, 2.75) is 31.7 Å². The quantitative estimate of drug-likeness (QED) is 0.483. The molecule has 3 N–H and O–H groups in total. The number of hydrogen-bond acceptors (Lipinski definition) is 5. The second-order valence-electron chi connectivity index (χ2n) is 4.61. The van der Waals surface area contributed by atoms with Gasteiger partial charge in [0.2, 0.25) is 10.0 Å². The minimum absolute atomic E-state index is 0.0647. The smallest absolute Gasteiger partial charge is 0.312 e. The molecule has 0 spiro atoms. The summed E-state index contributed by atoms with van der Waals surface area (Å²) in [6, 6.07) is 3.50. The summed E-state index contributed by atoms with van der Waals surface area (Å²) in [5.41, 5.74) is 4.71. The molecule has 106 valence electrons. The normalized spacial score (nSPS) is 13.5. The van der Waals surface area contributed by atoms with Crippen LogP contribution in [0.3, 0.4) is 0 Å². The van der Waals surface area contributed by atoms with Crippen LogP contribution in [0, 0.1) is 16.0 Å². The summed E-state index contributed by atoms with van der Waals surface area (Å²) < 4.78 is 26.7. The topological polar surface area (TPSA) is 115 Å². The maximum Gasteiger partial charge on any atom is 0.312 e. The van der Waals surface area contributed by atoms with Gasteiger partial charge in [0.15, 0.2) is 4.90 Å². The zero-order chi connectivity index (χ0) is 14.8. The third-order valence-corrected chi connectivity index (χ3v) is 4.43. The van der Waals surface area contributed by atoms with Gasteiger partial charge in [-0.25, -0.2) is 13.1 Å². The molecule has 0 saturated heterocycles. The van der Waals surface area contributed by atoms with Gasteiger partial charge < -0.3 is 5.73 Å². The van der Waals surface area contributed by atoms with Crippen LogP contribution < -0.4 is 10.5 Å². The minimum Gasteiger partial charge on any atom is -0.393 e. The van der Waals surface area contributed by atoms with Crippen molar-refractivity contribution in [1.29, 1.82) is 0 Å². The second-order valence-corrected chi connectivity index (χ2v) is 6.29. The number of anilines is 1. The summed E-state index contributed by atoms with van der Waals surface area (Å²) >= 11 is 0. The lowest BCUT2D eigenvalue weighted by atomic mass is 10.1. The molecule has 19 heavy (non-hydrogen) atoms. The highest BCUT2D eigenvalue weighted by Gasteiger charge is 2.29. The molecular formula is C11H17N3O4S. The highest BCUT2D eigenvalue weighted by Crippen LogP contribution is 2.29. The van der Waals surface area contributed by atoms with Crippen LogP contribution in [0.25, 0.3) is 0 Å². The number of nitrogens with zero attached hydrogens (tertiary/aromatic N) is 1. The Balaban J connectivity index is 3.30. The Morgan fingerprint density at radius 1 is 1.32 bits per heavy atom. The Morgan fingerprint density at radius 2 is 1.89 bits per heavy atom. The maximum atomic E-state index is 12.2. The monoisotopic (exact) mass is 287 g/mol. The van der Waals surface area contributed by atoms with E-state index in [1.54, 1.807) is 6.92 Å². The van der Waals surface area contributed by atoms with Gasteiger partial charge in [-0.1, -0.05) is 19.9 Å². The number of nitrogen functional groups attached to an aromatic ring is 1. The van der Waals surface area contributed by atoms with Gasteiger partial charge in [0.25, 0.3) is 0 Å². The number of benzene rings is 1. The molecule has 1 rings (SSSR count). The number of nitrogens with one attached hydrogen (secondary N) is 1. The molecular weight excluding hydrogens is 270 g/mol. The summed E-state index contributed by atoms with van der Waals surface area (Å²) in [4.78, 5) is 9.74. The Hall–Kier alpha value is -1.67. The lowest BCUT2D eigenvalue weighted by molar-refractivity contribution is -0.386. The van der Waals surface area contributed by atoms with E-state index in [1.165, 1.54) is 18.2 Å². The van der Waals surface area contributed by atoms with Crippen LogP contribution in [0.4, 0.5) is 11.4 Å². The minimum atomic E-state index is -3.97. The number of para-hydroxylation sites is 1. The van der Waals surface area contributed by atoms with Crippen molar-refractivity contribution in [3.63, 3.8) is 0 Å². The van der Waals surface area contributed by atoms with E-state index >= 15 is 0 Å². The molecule has 0 aromatic heterocycles. The number of hydrogen-bond donors (Lipinski definition) is 2. The van der Waals surface area contributed by atoms with Crippen LogP contribution in [-0.4, -0.2) is 19.4 Å². The molecule has 0 aliphatic rings. The molecule has 0 radical (unpaired) electrons. The van der Waals surface area contributed by atoms with Gasteiger partial charge >= 0.3 is 5.69 Å². The predicted molar refractivity (Wildman–Crippen MR) is 72.1 cm³/mol. The van der Waals surface area contributed by atoms with Crippen molar-refractivity contribution >= 4 is 21.4 Å². The maximum absolute atomic E-state index is 12.2. The van der Waals surface area contributed by atoms with Crippen LogP contribution >= 0.6 is 0 Å². The van der Waals surface area contributed by atoms with E-state index in [1.807, 2.05) is 13.8 Å². The van der Waals surface area contributed by atoms with Crippen LogP contribution in [-0.2, 0) is 10.0 Å². The highest BCUT2D eigenvalue weighted by molar-refractivity contribution is 7.89. The Kier molecular flexibility index (Phi) is 4.48. The van der Waals surface area contributed by atoms with Gasteiger partial charge in [0.05, 0.1) is 4.92 Å². The van der Waals surface area contributed by atoms with E-state index in [-0.39, 0.29) is 17.6 Å². The van der Waals surface area contributed by atoms with E-state index in [9.17, 15) is 18.5 Å². The van der Waals surface area contributed by atoms with Crippen molar-refractivity contribution in [3.8, 4) is 0 Å². The average Bonchev–Trinajstić information content (AvgIpc) is 2.27. The van der Waals surface area contributed by atoms with E-state index < -0.39 is 25.5 Å². The van der Waals surface area contributed by atoms with E-state index in [4.69, 9.17) is 5.73 Å². The Labute approximate surface area is 112 Å². The van der Waals surface area contributed by atoms with Gasteiger partial charge in [-0.05, 0) is 25.0 Å². The fraction of sp³-hybridized carbons (Fsp3) is 0.455. The van der Waals surface area contributed by atoms with Crippen LogP contribution in [0.15, 0.2) is 23.1 Å². The summed E-state index contributed by atoms with van der Waals surface area (Å²) in [6.07, 6.45) is 0. The molecule has 0 aliphatic heterocycles. The Morgan fingerprint density at radius 3 is 2.37 bits per heavy atom. The largest absolute Gasteiger partial charge is 0.393 e. The standard InChI is InChI=1S/C11H17N3O4S/c1-7(2)8(3)13-19(17,18)10-6-4-5-9(12)11(10)14(15)16/h4-8,13H,12H2,1-3H3. The summed E-state index contributed by atoms with van der Waals surface area (Å²) in [5.74, 6) is 0.0647. The summed E-state index contributed by atoms with van der Waals surface area (Å²) in [7, 11) is -3.97. The fourth-order valence-corrected chi connectivity index (χ4v) is 2.99. The molecule has 0 bridgehead atoms. The summed E-state index contributed by atoms with van der Waals surface area (Å²) in [6.45, 7) is 5.39. The molecule has 0 heterocycles. The second kappa shape index (κ2) is 5.54. The van der Waals surface area contributed by atoms with Gasteiger partial charge in [-0.3, -0.25) is 10.1 Å². The first-order valence-corrected chi connectivity index (χ1v) is 7.20. The van der Waals surface area contributed by atoms with E-state index in [0.717, 1.165) is 0 Å². The molecule has 1 aromatic rings. The SMILES string of the molecule is CC(C)C(C)NS(=O)(=O)c1cccc(N)c1[N+](=O)[O-]. The van der Waals surface area contributed by atoms with Crippen molar-refractivity contribution in [1.82, 2.24) is 4.72 Å². The van der Waals surface area contributed by atoms with Crippen molar-refractivity contribution in [3.05, 3.63) is 28.3 Å². The molecule has 1 aromatic carbocycles. The first kappa shape index (κ1) is 15.4. The fourth-order valence-electron chi connectivity index (χ4n) is 1.40. The van der Waals surface area contributed by atoms with Gasteiger partial charge in [0.1, 0.15) is 5.69 Å². The number of nitro benzene ring substituents is 1. The van der Waals surface area contributed by atoms with Crippen molar-refractivity contribution < 1.29 is 13.3 Å². The molecule has 0 amide bonds. The van der Waals surface area contributed by atoms with Gasteiger partial charge in [0, 0.05) is 6.04 Å². The third-order valence-electron chi connectivity index (χ3n) is 2.84. The van der Waals surface area contributed by atoms with Crippen LogP contribution in [0.2, 0.25) is 0 Å². The molecule has 0 saturated carbocycles. The number of sulfonamides is 1. The van der Waals surface area contributed by atoms with Gasteiger partial charge in [-0.2, -0.15) is 0 Å². The first-order valence-electron chi connectivity index (χ1n) is 5.72. The molecule has 0 aliphatic carbocycles. The third kappa shape index (κ3) is 3.42. The van der Waals surface area contributed by atoms with Gasteiger partial charge in [-0.15, -0.1) is 0 Å². The molecule has 1 atom stereocenters. The first-order chi connectivity index (χ1) is 8.66. The molecule has 1 unspecified atom stereocenters. The van der Waals surface area contributed by atoms with Crippen molar-refractivity contribution in [2.75, 3.05) is 5.73 Å². The van der Waals surface area contributed by atoms with Crippen molar-refractivity contribution in [2.24, 2.45) is 5.92 Å². The van der Waals surface area contributed by atoms with Crippen LogP contribution in [0.5, 0.6) is 0 Å². The lowest BCUT2D eigenvalue weighted by Crippen LogP contribution is -2.36. The average molecular weight is 287 g/mol. The summed E-state index contributed by atoms with van der Waals surface area (Å²) in [5, 5.41) is 10.9. The van der Waals surface area contributed by atoms with E-state index in [2.05, 4.69) is 4.72 Å². The lowest BCUT2D eigenvalue weighted by Gasteiger charge is -2.17. The number of nitrogens with two attached hydrogens (primary N) is 1. The molecule has 7 nitrogen and oxygen atoms in total. The van der Waals surface area contributed by atoms with E-state index in [0.29, 0.717) is 0 Å². The molecule has 0 fully saturated rings. The predicted octanol–water partition coefficient (Wildman–Crippen LogP) is 1.50. The zero-order valence-electron chi connectivity index (χ0n) is 11.0. The number of rotatable bonds is 5. The zero-order valence-corrected chi connectivity index (χ0v) is 11.8.